The number of nitrogens with zero attached hydrogens (tertiary/aromatic N) is 2. The number of carbonyl (C=O) groups is 1. The maximum Gasteiger partial charge on any atom is 0.232 e. The Morgan fingerprint density at radius 2 is 1.89 bits per heavy atom. The molecule has 0 radical (unpaired) electrons. The largest absolute Gasteiger partial charge is 0.392 e. The lowest BCUT2D eigenvalue weighted by molar-refractivity contribution is -0.133. The number of rotatable bonds is 4. The molecule has 3 fully saturated rings. The summed E-state index contributed by atoms with van der Waals surface area (Å²) in [5.41, 5.74) is 0.166. The maximum absolute atomic E-state index is 12.7. The van der Waals surface area contributed by atoms with Crippen LogP contribution in [0, 0.1) is 5.41 Å². The van der Waals surface area contributed by atoms with Crippen molar-refractivity contribution in [1.29, 1.82) is 0 Å². The van der Waals surface area contributed by atoms with E-state index in [1.807, 2.05) is 23.1 Å². The van der Waals surface area contributed by atoms with Crippen molar-refractivity contribution in [3.63, 3.8) is 0 Å². The molecule has 1 unspecified atom stereocenters. The van der Waals surface area contributed by atoms with E-state index in [1.165, 1.54) is 0 Å². The Morgan fingerprint density at radius 3 is 2.61 bits per heavy atom. The van der Waals surface area contributed by atoms with Gasteiger partial charge in [-0.15, -0.1) is 11.8 Å². The van der Waals surface area contributed by atoms with Gasteiger partial charge in [-0.3, -0.25) is 9.69 Å². The van der Waals surface area contributed by atoms with Crippen LogP contribution in [0.4, 0.5) is 0 Å². The van der Waals surface area contributed by atoms with E-state index in [1.54, 1.807) is 11.8 Å². The molecule has 1 N–H and O–H groups in total. The molecule has 0 saturated carbocycles. The molecule has 3 aliphatic rings. The molecular weight excluding hydrogens is 372 g/mol. The second-order valence-electron chi connectivity index (χ2n) is 8.61. The summed E-state index contributed by atoms with van der Waals surface area (Å²) >= 11 is 1.62. The van der Waals surface area contributed by atoms with Gasteiger partial charge in [0, 0.05) is 50.3 Å². The van der Waals surface area contributed by atoms with Crippen LogP contribution in [0.25, 0.3) is 0 Å². The van der Waals surface area contributed by atoms with Crippen LogP contribution < -0.4 is 0 Å². The van der Waals surface area contributed by atoms with Crippen molar-refractivity contribution < 1.29 is 14.6 Å². The number of benzene rings is 1. The van der Waals surface area contributed by atoms with E-state index in [0.29, 0.717) is 11.8 Å². The topological polar surface area (TPSA) is 53.0 Å². The number of piperidine rings is 2. The SMILES string of the molecule is O=C(CSc1ccccc1)N1CCC2(CC1)CC(O)CN(C1CCOCC1)C2. The molecule has 0 bridgehead atoms. The Kier molecular flexibility index (Phi) is 6.61. The first-order valence-electron chi connectivity index (χ1n) is 10.6. The monoisotopic (exact) mass is 404 g/mol. The first kappa shape index (κ1) is 20.2. The highest BCUT2D eigenvalue weighted by Crippen LogP contribution is 2.41. The molecule has 0 aromatic heterocycles. The van der Waals surface area contributed by atoms with Crippen LogP contribution >= 0.6 is 11.8 Å². The zero-order chi connectivity index (χ0) is 19.4. The second kappa shape index (κ2) is 9.16. The quantitative estimate of drug-likeness (QED) is 0.782. The van der Waals surface area contributed by atoms with E-state index in [4.69, 9.17) is 4.74 Å². The van der Waals surface area contributed by atoms with Gasteiger partial charge in [0.2, 0.25) is 5.91 Å². The first-order valence-corrected chi connectivity index (χ1v) is 11.6. The van der Waals surface area contributed by atoms with Gasteiger partial charge in [0.05, 0.1) is 11.9 Å². The highest BCUT2D eigenvalue weighted by atomic mass is 32.2. The van der Waals surface area contributed by atoms with Crippen LogP contribution in [-0.2, 0) is 9.53 Å². The number of aliphatic hydroxyl groups excluding tert-OH is 1. The molecule has 1 aromatic carbocycles. The fourth-order valence-corrected chi connectivity index (χ4v) is 5.89. The summed E-state index contributed by atoms with van der Waals surface area (Å²) in [4.78, 5) is 18.3. The van der Waals surface area contributed by atoms with E-state index < -0.39 is 0 Å². The van der Waals surface area contributed by atoms with Crippen LogP contribution in [0.1, 0.15) is 32.1 Å². The molecule has 154 valence electrons. The Balaban J connectivity index is 1.30. The number of likely N-dealkylation sites (tertiary alicyclic amines) is 2. The molecule has 1 atom stereocenters. The minimum absolute atomic E-state index is 0.166. The van der Waals surface area contributed by atoms with Crippen molar-refractivity contribution in [2.24, 2.45) is 5.41 Å². The van der Waals surface area contributed by atoms with Crippen LogP contribution in [0.3, 0.4) is 0 Å². The molecule has 1 aromatic rings. The number of amides is 1. The van der Waals surface area contributed by atoms with Gasteiger partial charge in [0.15, 0.2) is 0 Å². The minimum Gasteiger partial charge on any atom is -0.392 e. The first-order chi connectivity index (χ1) is 13.6. The predicted octanol–water partition coefficient (Wildman–Crippen LogP) is 2.63. The summed E-state index contributed by atoms with van der Waals surface area (Å²) < 4.78 is 5.51. The lowest BCUT2D eigenvalue weighted by Crippen LogP contribution is -2.57. The molecule has 3 heterocycles. The number of thioether (sulfide) groups is 1. The lowest BCUT2D eigenvalue weighted by atomic mass is 9.71. The zero-order valence-corrected chi connectivity index (χ0v) is 17.4. The average Bonchev–Trinajstić information content (AvgIpc) is 2.73. The smallest absolute Gasteiger partial charge is 0.232 e. The van der Waals surface area contributed by atoms with Crippen molar-refractivity contribution in [3.8, 4) is 0 Å². The Hall–Kier alpha value is -1.08. The van der Waals surface area contributed by atoms with Gasteiger partial charge in [0.1, 0.15) is 0 Å². The van der Waals surface area contributed by atoms with Gasteiger partial charge in [-0.1, -0.05) is 18.2 Å². The Morgan fingerprint density at radius 1 is 1.18 bits per heavy atom. The van der Waals surface area contributed by atoms with Crippen molar-refractivity contribution in [2.45, 2.75) is 49.1 Å². The van der Waals surface area contributed by atoms with Gasteiger partial charge in [-0.25, -0.2) is 0 Å². The number of ether oxygens (including phenoxy) is 1. The summed E-state index contributed by atoms with van der Waals surface area (Å²) in [6.07, 6.45) is 4.80. The number of β-amino-alcohol motifs (C(OH)–C–C–N with tert-alkyl or cyclic N) is 1. The molecule has 0 aliphatic carbocycles. The van der Waals surface area contributed by atoms with Gasteiger partial charge in [-0.2, -0.15) is 0 Å². The van der Waals surface area contributed by atoms with E-state index in [-0.39, 0.29) is 17.4 Å². The average molecular weight is 405 g/mol. The summed E-state index contributed by atoms with van der Waals surface area (Å²) in [6, 6.07) is 10.7. The highest BCUT2D eigenvalue weighted by molar-refractivity contribution is 8.00. The molecule has 6 heteroatoms. The normalized spacial score (nSPS) is 26.5. The molecule has 3 saturated heterocycles. The molecule has 1 spiro atoms. The summed E-state index contributed by atoms with van der Waals surface area (Å²) in [5, 5.41) is 10.6. The fourth-order valence-electron chi connectivity index (χ4n) is 5.07. The van der Waals surface area contributed by atoms with Crippen LogP contribution in [0.5, 0.6) is 0 Å². The molecule has 28 heavy (non-hydrogen) atoms. The van der Waals surface area contributed by atoms with Gasteiger partial charge < -0.3 is 14.7 Å². The molecule has 5 nitrogen and oxygen atoms in total. The summed E-state index contributed by atoms with van der Waals surface area (Å²) in [5.74, 6) is 0.745. The zero-order valence-electron chi connectivity index (χ0n) is 16.6. The third-order valence-corrected chi connectivity index (χ3v) is 7.64. The minimum atomic E-state index is -0.243. The molecule has 1 amide bonds. The molecule has 4 rings (SSSR count). The molecular formula is C22H32N2O3S. The Labute approximate surface area is 172 Å². The molecule has 3 aliphatic heterocycles. The van der Waals surface area contributed by atoms with Crippen LogP contribution in [0.2, 0.25) is 0 Å². The van der Waals surface area contributed by atoms with Gasteiger partial charge in [0.25, 0.3) is 0 Å². The van der Waals surface area contributed by atoms with Crippen LogP contribution in [0.15, 0.2) is 35.2 Å². The summed E-state index contributed by atoms with van der Waals surface area (Å²) in [7, 11) is 0. The Bertz CT molecular complexity index is 642. The standard InChI is InChI=1S/C22H32N2O3S/c25-19-14-22(17-24(15-19)18-6-12-27-13-7-18)8-10-23(11-9-22)21(26)16-28-20-4-2-1-3-5-20/h1-5,18-19,25H,6-17H2. The van der Waals surface area contributed by atoms with Crippen molar-refractivity contribution in [3.05, 3.63) is 30.3 Å². The van der Waals surface area contributed by atoms with Crippen LogP contribution in [-0.4, -0.2) is 78.1 Å². The third-order valence-electron chi connectivity index (χ3n) is 6.64. The van der Waals surface area contributed by atoms with E-state index in [0.717, 1.165) is 76.4 Å². The third kappa shape index (κ3) is 4.90. The number of hydrogen-bond acceptors (Lipinski definition) is 5. The number of carbonyl (C=O) groups excluding carboxylic acids is 1. The van der Waals surface area contributed by atoms with Gasteiger partial charge in [-0.05, 0) is 49.7 Å². The predicted molar refractivity (Wildman–Crippen MR) is 111 cm³/mol. The highest BCUT2D eigenvalue weighted by Gasteiger charge is 2.43. The van der Waals surface area contributed by atoms with Crippen molar-refractivity contribution in [2.75, 3.05) is 45.1 Å². The second-order valence-corrected chi connectivity index (χ2v) is 9.66. The van der Waals surface area contributed by atoms with Gasteiger partial charge >= 0.3 is 0 Å². The maximum atomic E-state index is 12.7. The van der Waals surface area contributed by atoms with Crippen molar-refractivity contribution in [1.82, 2.24) is 9.80 Å². The fraction of sp³-hybridized carbons (Fsp3) is 0.682. The lowest BCUT2D eigenvalue weighted by Gasteiger charge is -2.51. The number of hydrogen-bond donors (Lipinski definition) is 1. The summed E-state index contributed by atoms with van der Waals surface area (Å²) in [6.45, 7) is 5.18. The van der Waals surface area contributed by atoms with Crippen molar-refractivity contribution >= 4 is 17.7 Å². The number of aliphatic hydroxyl groups is 1. The van der Waals surface area contributed by atoms with E-state index >= 15 is 0 Å². The van der Waals surface area contributed by atoms with E-state index in [2.05, 4.69) is 17.0 Å². The van der Waals surface area contributed by atoms with E-state index in [9.17, 15) is 9.90 Å².